The summed E-state index contributed by atoms with van der Waals surface area (Å²) >= 11 is 0. The summed E-state index contributed by atoms with van der Waals surface area (Å²) in [6, 6.07) is 6.91. The Morgan fingerprint density at radius 1 is 1.25 bits per heavy atom. The lowest BCUT2D eigenvalue weighted by Gasteiger charge is -2.28. The van der Waals surface area contributed by atoms with Gasteiger partial charge in [-0.25, -0.2) is 4.79 Å². The largest absolute Gasteiger partial charge is 0.491 e. The van der Waals surface area contributed by atoms with E-state index < -0.39 is 6.10 Å². The van der Waals surface area contributed by atoms with Gasteiger partial charge in [0.1, 0.15) is 56.8 Å². The summed E-state index contributed by atoms with van der Waals surface area (Å²) in [5, 5.41) is 11.1. The molecule has 0 aliphatic carbocycles. The smallest absolute Gasteiger partial charge is 0.336 e. The van der Waals surface area contributed by atoms with Crippen LogP contribution in [0.4, 0.5) is 0 Å². The second kappa shape index (κ2) is 7.34. The molecule has 1 saturated heterocycles. The number of fused-ring (bicyclic) bond motifs is 1. The van der Waals surface area contributed by atoms with Crippen LogP contribution in [0.15, 0.2) is 33.5 Å². The fourth-order valence-electron chi connectivity index (χ4n) is 3.21. The Bertz CT molecular complexity index is 750. The summed E-state index contributed by atoms with van der Waals surface area (Å²) in [4.78, 5) is 14.5. The first-order chi connectivity index (χ1) is 11.5. The van der Waals surface area contributed by atoms with Crippen molar-refractivity contribution in [1.29, 1.82) is 0 Å². The summed E-state index contributed by atoms with van der Waals surface area (Å²) in [6.45, 7) is 7.29. The number of rotatable bonds is 5. The van der Waals surface area contributed by atoms with Crippen molar-refractivity contribution in [2.75, 3.05) is 46.4 Å². The number of quaternary nitrogens is 2. The molecule has 2 heterocycles. The topological polar surface area (TPSA) is 68.5 Å². The van der Waals surface area contributed by atoms with Crippen LogP contribution in [-0.4, -0.2) is 57.6 Å². The number of hydrogen-bond donors (Lipinski definition) is 3. The van der Waals surface area contributed by atoms with Gasteiger partial charge >= 0.3 is 5.63 Å². The van der Waals surface area contributed by atoms with E-state index in [1.54, 1.807) is 11.0 Å². The van der Waals surface area contributed by atoms with E-state index in [2.05, 4.69) is 7.05 Å². The zero-order valence-electron chi connectivity index (χ0n) is 14.3. The van der Waals surface area contributed by atoms with Crippen LogP contribution in [0.1, 0.15) is 5.56 Å². The molecule has 0 bridgehead atoms. The minimum absolute atomic E-state index is 0.244. The molecule has 2 aromatic rings. The van der Waals surface area contributed by atoms with Gasteiger partial charge in [-0.05, 0) is 24.6 Å². The van der Waals surface area contributed by atoms with Gasteiger partial charge in [-0.2, -0.15) is 0 Å². The molecule has 6 heteroatoms. The predicted molar refractivity (Wildman–Crippen MR) is 90.9 cm³/mol. The zero-order valence-corrected chi connectivity index (χ0v) is 14.3. The molecule has 1 atom stereocenters. The minimum atomic E-state index is -0.501. The Labute approximate surface area is 141 Å². The molecule has 3 N–H and O–H groups in total. The van der Waals surface area contributed by atoms with Crippen molar-refractivity contribution >= 4 is 11.0 Å². The molecule has 3 rings (SSSR count). The van der Waals surface area contributed by atoms with Gasteiger partial charge in [0, 0.05) is 17.5 Å². The van der Waals surface area contributed by atoms with Crippen LogP contribution in [-0.2, 0) is 0 Å². The lowest BCUT2D eigenvalue weighted by atomic mass is 10.1. The van der Waals surface area contributed by atoms with Crippen molar-refractivity contribution in [3.63, 3.8) is 0 Å². The standard InChI is InChI=1S/C18H24N2O4/c1-13-9-18(22)24-17-10-15(3-4-16(13)17)23-12-14(21)11-20-7-5-19(2)6-8-20/h3-4,9-10,14,21H,5-8,11-12H2,1-2H3/p+2/t14-/m0/s1. The number of nitrogens with one attached hydrogen (secondary N) is 2. The third-order valence-corrected chi connectivity index (χ3v) is 4.70. The second-order valence-electron chi connectivity index (χ2n) is 6.78. The summed E-state index contributed by atoms with van der Waals surface area (Å²) < 4.78 is 10.9. The van der Waals surface area contributed by atoms with E-state index in [4.69, 9.17) is 9.15 Å². The quantitative estimate of drug-likeness (QED) is 0.568. The molecular formula is C18H26N2O4+2. The summed E-state index contributed by atoms with van der Waals surface area (Å²) in [6.07, 6.45) is -0.501. The van der Waals surface area contributed by atoms with Crippen molar-refractivity contribution in [1.82, 2.24) is 0 Å². The molecule has 1 aliphatic heterocycles. The number of aryl methyl sites for hydroxylation is 1. The number of aliphatic hydroxyl groups excluding tert-OH is 1. The molecule has 0 radical (unpaired) electrons. The average molecular weight is 334 g/mol. The monoisotopic (exact) mass is 334 g/mol. The Morgan fingerprint density at radius 3 is 2.75 bits per heavy atom. The highest BCUT2D eigenvalue weighted by atomic mass is 16.5. The first kappa shape index (κ1) is 17.0. The maximum absolute atomic E-state index is 11.5. The van der Waals surface area contributed by atoms with Gasteiger partial charge in [0.2, 0.25) is 0 Å². The van der Waals surface area contributed by atoms with Crippen molar-refractivity contribution in [3.05, 3.63) is 40.2 Å². The highest BCUT2D eigenvalue weighted by Gasteiger charge is 2.22. The van der Waals surface area contributed by atoms with Crippen molar-refractivity contribution in [3.8, 4) is 5.75 Å². The Hall–Kier alpha value is -1.89. The second-order valence-corrected chi connectivity index (χ2v) is 6.78. The van der Waals surface area contributed by atoms with Gasteiger partial charge in [0.25, 0.3) is 0 Å². The Morgan fingerprint density at radius 2 is 2.00 bits per heavy atom. The highest BCUT2D eigenvalue weighted by molar-refractivity contribution is 5.81. The molecule has 6 nitrogen and oxygen atoms in total. The van der Waals surface area contributed by atoms with E-state index in [9.17, 15) is 9.90 Å². The maximum atomic E-state index is 11.5. The molecule has 0 unspecified atom stereocenters. The van der Waals surface area contributed by atoms with Gasteiger partial charge in [0.05, 0.1) is 7.05 Å². The maximum Gasteiger partial charge on any atom is 0.336 e. The van der Waals surface area contributed by atoms with E-state index in [0.717, 1.165) is 37.1 Å². The number of benzene rings is 1. The van der Waals surface area contributed by atoms with Gasteiger partial charge in [-0.1, -0.05) is 0 Å². The lowest BCUT2D eigenvalue weighted by molar-refractivity contribution is -1.00. The molecule has 1 aromatic carbocycles. The van der Waals surface area contributed by atoms with E-state index in [-0.39, 0.29) is 12.2 Å². The van der Waals surface area contributed by atoms with Crippen LogP contribution in [0.3, 0.4) is 0 Å². The van der Waals surface area contributed by atoms with Crippen LogP contribution >= 0.6 is 0 Å². The van der Waals surface area contributed by atoms with E-state index in [1.807, 2.05) is 19.1 Å². The van der Waals surface area contributed by atoms with Crippen molar-refractivity contribution < 1.29 is 24.1 Å². The lowest BCUT2D eigenvalue weighted by Crippen LogP contribution is -3.27. The minimum Gasteiger partial charge on any atom is -0.491 e. The number of aliphatic hydroxyl groups is 1. The van der Waals surface area contributed by atoms with Crippen molar-refractivity contribution in [2.24, 2.45) is 0 Å². The van der Waals surface area contributed by atoms with Crippen LogP contribution in [0, 0.1) is 6.92 Å². The third-order valence-electron chi connectivity index (χ3n) is 4.70. The molecule has 130 valence electrons. The molecule has 1 aliphatic rings. The van der Waals surface area contributed by atoms with Crippen LogP contribution < -0.4 is 20.2 Å². The molecular weight excluding hydrogens is 308 g/mol. The molecule has 0 spiro atoms. The Kier molecular flexibility index (Phi) is 5.18. The van der Waals surface area contributed by atoms with E-state index in [0.29, 0.717) is 17.9 Å². The Balaban J connectivity index is 1.58. The third kappa shape index (κ3) is 4.14. The van der Waals surface area contributed by atoms with Crippen LogP contribution in [0.2, 0.25) is 0 Å². The molecule has 0 saturated carbocycles. The van der Waals surface area contributed by atoms with Gasteiger partial charge in [-0.3, -0.25) is 0 Å². The fourth-order valence-corrected chi connectivity index (χ4v) is 3.21. The first-order valence-electron chi connectivity index (χ1n) is 8.51. The summed E-state index contributed by atoms with van der Waals surface area (Å²) in [5.41, 5.74) is 1.03. The van der Waals surface area contributed by atoms with Crippen LogP contribution in [0.5, 0.6) is 5.75 Å². The van der Waals surface area contributed by atoms with Gasteiger partial charge < -0.3 is 24.1 Å². The van der Waals surface area contributed by atoms with Gasteiger partial charge in [-0.15, -0.1) is 0 Å². The van der Waals surface area contributed by atoms with E-state index >= 15 is 0 Å². The fraction of sp³-hybridized carbons (Fsp3) is 0.500. The number of ether oxygens (including phenoxy) is 1. The van der Waals surface area contributed by atoms with Crippen molar-refractivity contribution in [2.45, 2.75) is 13.0 Å². The highest BCUT2D eigenvalue weighted by Crippen LogP contribution is 2.22. The predicted octanol–water partition coefficient (Wildman–Crippen LogP) is -1.75. The summed E-state index contributed by atoms with van der Waals surface area (Å²) in [7, 11) is 2.20. The van der Waals surface area contributed by atoms with Crippen LogP contribution in [0.25, 0.3) is 11.0 Å². The zero-order chi connectivity index (χ0) is 17.1. The normalized spacial score (nSPS) is 22.5. The SMILES string of the molecule is Cc1cc(=O)oc2cc(OC[C@@H](O)C[NH+]3CC[NH+](C)CC3)ccc12. The molecule has 24 heavy (non-hydrogen) atoms. The number of piperazine rings is 1. The molecule has 1 aromatic heterocycles. The summed E-state index contributed by atoms with van der Waals surface area (Å²) in [5.74, 6) is 0.605. The average Bonchev–Trinajstić information content (AvgIpc) is 2.54. The first-order valence-corrected chi connectivity index (χ1v) is 8.51. The molecule has 1 fully saturated rings. The molecule has 0 amide bonds. The van der Waals surface area contributed by atoms with Gasteiger partial charge in [0.15, 0.2) is 0 Å². The number of likely N-dealkylation sites (N-methyl/N-ethyl adjacent to an activating group) is 1. The van der Waals surface area contributed by atoms with E-state index in [1.165, 1.54) is 11.0 Å². The number of hydrogen-bond acceptors (Lipinski definition) is 4.